The molecule has 0 fully saturated rings. The fraction of sp³-hybridized carbons (Fsp3) is 0.571. The van der Waals surface area contributed by atoms with E-state index < -0.39 is 11.9 Å². The molecule has 0 bridgehead atoms. The lowest BCUT2D eigenvalue weighted by atomic mass is 10.3. The van der Waals surface area contributed by atoms with Gasteiger partial charge in [-0.1, -0.05) is 0 Å². The van der Waals surface area contributed by atoms with E-state index in [2.05, 4.69) is 5.32 Å². The van der Waals surface area contributed by atoms with Crippen LogP contribution in [-0.2, 0) is 9.59 Å². The molecule has 0 aromatic carbocycles. The Morgan fingerprint density at radius 2 is 2.46 bits per heavy atom. The zero-order valence-corrected chi connectivity index (χ0v) is 8.30. The molecule has 0 aliphatic carbocycles. The third kappa shape index (κ3) is 3.80. The smallest absolute Gasteiger partial charge is 0.258 e. The van der Waals surface area contributed by atoms with E-state index in [1.165, 1.54) is 18.8 Å². The van der Waals surface area contributed by atoms with Gasteiger partial charge in [-0.05, 0) is 6.26 Å². The minimum atomic E-state index is -0.614. The van der Waals surface area contributed by atoms with Crippen molar-refractivity contribution in [1.82, 2.24) is 10.2 Å². The SMILES string of the molecule is CSCC(NC=O)C(=O)N(C)C#N. The Bertz CT molecular complexity index is 226. The first kappa shape index (κ1) is 11.8. The minimum Gasteiger partial charge on any atom is -0.346 e. The molecule has 0 saturated carbocycles. The Kier molecular flexibility index (Phi) is 5.72. The maximum Gasteiger partial charge on any atom is 0.258 e. The average Bonchev–Trinajstić information content (AvgIpc) is 2.15. The van der Waals surface area contributed by atoms with Gasteiger partial charge in [-0.15, -0.1) is 0 Å². The Morgan fingerprint density at radius 1 is 1.85 bits per heavy atom. The van der Waals surface area contributed by atoms with Crippen LogP contribution in [0.15, 0.2) is 0 Å². The molecular formula is C7H11N3O2S. The quantitative estimate of drug-likeness (QED) is 0.366. The van der Waals surface area contributed by atoms with Crippen molar-refractivity contribution in [2.45, 2.75) is 6.04 Å². The Morgan fingerprint density at radius 3 is 2.85 bits per heavy atom. The van der Waals surface area contributed by atoms with Crippen LogP contribution in [0, 0.1) is 11.5 Å². The van der Waals surface area contributed by atoms with Gasteiger partial charge in [0.25, 0.3) is 5.91 Å². The van der Waals surface area contributed by atoms with Crippen molar-refractivity contribution in [2.24, 2.45) is 0 Å². The number of nitrogens with one attached hydrogen (secondary N) is 1. The van der Waals surface area contributed by atoms with Crippen molar-refractivity contribution >= 4 is 24.1 Å². The standard InChI is InChI=1S/C7H11N3O2S/c1-10(4-8)7(12)6(3-13-2)9-5-11/h5-6H,3H2,1-2H3,(H,9,11). The molecule has 0 aliphatic heterocycles. The van der Waals surface area contributed by atoms with Gasteiger partial charge in [-0.3, -0.25) is 14.5 Å². The number of thioether (sulfide) groups is 1. The Balaban J connectivity index is 4.27. The zero-order valence-electron chi connectivity index (χ0n) is 7.48. The first-order chi connectivity index (χ1) is 6.17. The van der Waals surface area contributed by atoms with Gasteiger partial charge in [0.1, 0.15) is 6.04 Å². The molecule has 1 atom stereocenters. The van der Waals surface area contributed by atoms with Gasteiger partial charge in [0.2, 0.25) is 6.41 Å². The molecule has 72 valence electrons. The largest absolute Gasteiger partial charge is 0.346 e. The second kappa shape index (κ2) is 6.31. The Labute approximate surface area is 81.1 Å². The highest BCUT2D eigenvalue weighted by atomic mass is 32.2. The van der Waals surface area contributed by atoms with Gasteiger partial charge in [0.05, 0.1) is 0 Å². The van der Waals surface area contributed by atoms with Gasteiger partial charge in [0, 0.05) is 12.8 Å². The van der Waals surface area contributed by atoms with E-state index in [-0.39, 0.29) is 0 Å². The number of likely N-dealkylation sites (N-methyl/N-ethyl adjacent to an activating group) is 1. The lowest BCUT2D eigenvalue weighted by Crippen LogP contribution is -2.44. The third-order valence-electron chi connectivity index (χ3n) is 1.38. The number of carbonyl (C=O) groups is 2. The molecule has 1 N–H and O–H groups in total. The van der Waals surface area contributed by atoms with E-state index in [0.29, 0.717) is 12.2 Å². The van der Waals surface area contributed by atoms with Crippen molar-refractivity contribution in [1.29, 1.82) is 5.26 Å². The first-order valence-electron chi connectivity index (χ1n) is 3.53. The van der Waals surface area contributed by atoms with E-state index in [1.807, 2.05) is 6.26 Å². The normalized spacial score (nSPS) is 11.2. The Hall–Kier alpha value is -1.22. The topological polar surface area (TPSA) is 73.2 Å². The first-order valence-corrected chi connectivity index (χ1v) is 4.92. The lowest BCUT2D eigenvalue weighted by molar-refractivity contribution is -0.130. The summed E-state index contributed by atoms with van der Waals surface area (Å²) in [5.74, 6) is 0.0628. The summed E-state index contributed by atoms with van der Waals surface area (Å²) in [6.07, 6.45) is 3.96. The number of carbonyl (C=O) groups excluding carboxylic acids is 2. The molecule has 0 aromatic heterocycles. The maximum absolute atomic E-state index is 11.3. The minimum absolute atomic E-state index is 0.399. The van der Waals surface area contributed by atoms with E-state index in [0.717, 1.165) is 4.90 Å². The molecule has 0 spiro atoms. The van der Waals surface area contributed by atoms with Gasteiger partial charge in [-0.25, -0.2) is 0 Å². The van der Waals surface area contributed by atoms with Crippen molar-refractivity contribution in [3.05, 3.63) is 0 Å². The molecule has 0 radical (unpaired) electrons. The highest BCUT2D eigenvalue weighted by Crippen LogP contribution is 1.99. The number of nitrogens with zero attached hydrogens (tertiary/aromatic N) is 2. The number of hydrogen-bond acceptors (Lipinski definition) is 4. The van der Waals surface area contributed by atoms with E-state index in [4.69, 9.17) is 5.26 Å². The van der Waals surface area contributed by atoms with Crippen molar-refractivity contribution in [3.8, 4) is 6.19 Å². The van der Waals surface area contributed by atoms with Crippen molar-refractivity contribution in [2.75, 3.05) is 19.1 Å². The monoisotopic (exact) mass is 201 g/mol. The van der Waals surface area contributed by atoms with Crippen LogP contribution in [0.1, 0.15) is 0 Å². The van der Waals surface area contributed by atoms with Gasteiger partial charge in [0.15, 0.2) is 6.19 Å². The molecule has 0 rings (SSSR count). The molecule has 0 saturated heterocycles. The summed E-state index contributed by atoms with van der Waals surface area (Å²) in [6.45, 7) is 0. The molecule has 13 heavy (non-hydrogen) atoms. The summed E-state index contributed by atoms with van der Waals surface area (Å²) < 4.78 is 0. The molecule has 6 heteroatoms. The summed E-state index contributed by atoms with van der Waals surface area (Å²) in [7, 11) is 1.36. The third-order valence-corrected chi connectivity index (χ3v) is 2.05. The fourth-order valence-electron chi connectivity index (χ4n) is 0.723. The maximum atomic E-state index is 11.3. The molecule has 0 heterocycles. The van der Waals surface area contributed by atoms with E-state index >= 15 is 0 Å². The van der Waals surface area contributed by atoms with Gasteiger partial charge in [-0.2, -0.15) is 17.0 Å². The number of hydrogen-bond donors (Lipinski definition) is 1. The van der Waals surface area contributed by atoms with Crippen LogP contribution in [0.5, 0.6) is 0 Å². The highest BCUT2D eigenvalue weighted by Gasteiger charge is 2.20. The predicted octanol–water partition coefficient (Wildman–Crippen LogP) is -0.597. The molecular weight excluding hydrogens is 190 g/mol. The van der Waals surface area contributed by atoms with Crippen LogP contribution < -0.4 is 5.32 Å². The molecule has 0 aromatic rings. The summed E-state index contributed by atoms with van der Waals surface area (Å²) in [5.41, 5.74) is 0. The van der Waals surface area contributed by atoms with E-state index in [1.54, 1.807) is 6.19 Å². The van der Waals surface area contributed by atoms with Crippen molar-refractivity contribution < 1.29 is 9.59 Å². The van der Waals surface area contributed by atoms with Crippen LogP contribution in [0.3, 0.4) is 0 Å². The number of rotatable bonds is 5. The lowest BCUT2D eigenvalue weighted by Gasteiger charge is -2.16. The highest BCUT2D eigenvalue weighted by molar-refractivity contribution is 7.98. The van der Waals surface area contributed by atoms with E-state index in [9.17, 15) is 9.59 Å². The summed E-state index contributed by atoms with van der Waals surface area (Å²) in [6, 6.07) is -0.614. The summed E-state index contributed by atoms with van der Waals surface area (Å²) >= 11 is 1.43. The van der Waals surface area contributed by atoms with Crippen LogP contribution in [0.25, 0.3) is 0 Å². The average molecular weight is 201 g/mol. The number of amides is 2. The molecule has 2 amide bonds. The van der Waals surface area contributed by atoms with Crippen molar-refractivity contribution in [3.63, 3.8) is 0 Å². The number of nitriles is 1. The van der Waals surface area contributed by atoms with Crippen LogP contribution in [-0.4, -0.2) is 42.3 Å². The predicted molar refractivity (Wildman–Crippen MR) is 49.8 cm³/mol. The summed E-state index contributed by atoms with van der Waals surface area (Å²) in [5, 5.41) is 10.8. The van der Waals surface area contributed by atoms with Crippen LogP contribution in [0.2, 0.25) is 0 Å². The second-order valence-corrected chi connectivity index (χ2v) is 3.20. The molecule has 5 nitrogen and oxygen atoms in total. The van der Waals surface area contributed by atoms with Crippen LogP contribution in [0.4, 0.5) is 0 Å². The summed E-state index contributed by atoms with van der Waals surface area (Å²) in [4.78, 5) is 22.4. The fourth-order valence-corrected chi connectivity index (χ4v) is 1.29. The second-order valence-electron chi connectivity index (χ2n) is 2.29. The molecule has 1 unspecified atom stereocenters. The van der Waals surface area contributed by atoms with Gasteiger partial charge >= 0.3 is 0 Å². The van der Waals surface area contributed by atoms with Crippen LogP contribution >= 0.6 is 11.8 Å². The zero-order chi connectivity index (χ0) is 10.3. The van der Waals surface area contributed by atoms with Gasteiger partial charge < -0.3 is 5.32 Å². The molecule has 0 aliphatic rings.